The number of nitrogens with one attached hydrogen (secondary N) is 2. The zero-order chi connectivity index (χ0) is 21.1. The topological polar surface area (TPSA) is 88.4 Å². The fraction of sp³-hybridized carbons (Fsp3) is 0.174. The molecular formula is C23H22N2O4S. The lowest BCUT2D eigenvalue weighted by Crippen LogP contribution is -2.26. The van der Waals surface area contributed by atoms with E-state index in [4.69, 9.17) is 4.42 Å². The molecule has 0 radical (unpaired) electrons. The van der Waals surface area contributed by atoms with Gasteiger partial charge in [0, 0.05) is 17.5 Å². The van der Waals surface area contributed by atoms with Crippen molar-refractivity contribution < 1.29 is 17.6 Å². The molecule has 2 N–H and O–H groups in total. The van der Waals surface area contributed by atoms with Crippen LogP contribution < -0.4 is 10.0 Å². The molecule has 0 bridgehead atoms. The minimum absolute atomic E-state index is 0.131. The van der Waals surface area contributed by atoms with Gasteiger partial charge < -0.3 is 9.73 Å². The summed E-state index contributed by atoms with van der Waals surface area (Å²) < 4.78 is 31.8. The van der Waals surface area contributed by atoms with Gasteiger partial charge in [-0.1, -0.05) is 54.6 Å². The third-order valence-electron chi connectivity index (χ3n) is 5.14. The number of amides is 1. The molecule has 0 fully saturated rings. The van der Waals surface area contributed by atoms with Crippen LogP contribution in [-0.4, -0.2) is 21.4 Å². The van der Waals surface area contributed by atoms with Crippen LogP contribution in [0, 0.1) is 0 Å². The van der Waals surface area contributed by atoms with E-state index in [1.807, 2.05) is 48.5 Å². The van der Waals surface area contributed by atoms with E-state index in [0.717, 1.165) is 32.9 Å². The van der Waals surface area contributed by atoms with Gasteiger partial charge in [-0.25, -0.2) is 13.1 Å². The first-order valence-corrected chi connectivity index (χ1v) is 11.2. The Morgan fingerprint density at radius 3 is 2.47 bits per heavy atom. The van der Waals surface area contributed by atoms with Gasteiger partial charge in [0.1, 0.15) is 5.58 Å². The maximum atomic E-state index is 12.6. The molecule has 0 aliphatic carbocycles. The second kappa shape index (κ2) is 8.30. The van der Waals surface area contributed by atoms with Crippen molar-refractivity contribution in [2.24, 2.45) is 0 Å². The third-order valence-corrected chi connectivity index (χ3v) is 6.46. The highest BCUT2D eigenvalue weighted by atomic mass is 32.2. The van der Waals surface area contributed by atoms with E-state index in [9.17, 15) is 13.2 Å². The molecule has 3 aromatic carbocycles. The molecule has 4 rings (SSSR count). The molecule has 1 amide bonds. The van der Waals surface area contributed by atoms with Gasteiger partial charge in [0.2, 0.25) is 15.9 Å². The lowest BCUT2D eigenvalue weighted by atomic mass is 10.0. The van der Waals surface area contributed by atoms with Gasteiger partial charge in [-0.3, -0.25) is 4.79 Å². The number of hydrogen-bond donors (Lipinski definition) is 2. The molecule has 0 saturated carbocycles. The first-order chi connectivity index (χ1) is 14.5. The molecule has 0 saturated heterocycles. The van der Waals surface area contributed by atoms with E-state index < -0.39 is 10.0 Å². The number of carbonyl (C=O) groups is 1. The Bertz CT molecular complexity index is 1330. The van der Waals surface area contributed by atoms with Gasteiger partial charge in [0.25, 0.3) is 0 Å². The molecule has 6 nitrogen and oxygen atoms in total. The van der Waals surface area contributed by atoms with Crippen LogP contribution in [0.15, 0.2) is 71.3 Å². The van der Waals surface area contributed by atoms with Crippen molar-refractivity contribution in [2.75, 3.05) is 7.05 Å². The second-order valence-corrected chi connectivity index (χ2v) is 9.03. The average Bonchev–Trinajstić information content (AvgIpc) is 3.16. The van der Waals surface area contributed by atoms with Crippen LogP contribution in [0.1, 0.15) is 16.7 Å². The molecular weight excluding hydrogens is 400 g/mol. The normalized spacial score (nSPS) is 11.8. The van der Waals surface area contributed by atoms with Crippen molar-refractivity contribution in [3.05, 3.63) is 83.6 Å². The van der Waals surface area contributed by atoms with Crippen molar-refractivity contribution in [2.45, 2.75) is 18.7 Å². The number of hydrogen-bond acceptors (Lipinski definition) is 4. The molecule has 154 valence electrons. The lowest BCUT2D eigenvalue weighted by Gasteiger charge is -2.11. The molecule has 0 unspecified atom stereocenters. The Morgan fingerprint density at radius 2 is 1.67 bits per heavy atom. The Balaban J connectivity index is 1.51. The predicted molar refractivity (Wildman–Crippen MR) is 117 cm³/mol. The predicted octanol–water partition coefficient (Wildman–Crippen LogP) is 3.49. The minimum atomic E-state index is -3.39. The molecule has 30 heavy (non-hydrogen) atoms. The van der Waals surface area contributed by atoms with Gasteiger partial charge in [-0.15, -0.1) is 0 Å². The number of furan rings is 1. The van der Waals surface area contributed by atoms with Crippen LogP contribution in [0.2, 0.25) is 0 Å². The maximum Gasteiger partial charge on any atom is 0.224 e. The molecule has 0 aliphatic heterocycles. The van der Waals surface area contributed by atoms with E-state index in [0.29, 0.717) is 5.56 Å². The van der Waals surface area contributed by atoms with E-state index in [1.54, 1.807) is 18.4 Å². The molecule has 1 aromatic heterocycles. The minimum Gasteiger partial charge on any atom is -0.464 e. The fourth-order valence-electron chi connectivity index (χ4n) is 3.58. The molecule has 7 heteroatoms. The molecule has 4 aromatic rings. The highest BCUT2D eigenvalue weighted by Gasteiger charge is 2.15. The van der Waals surface area contributed by atoms with E-state index in [1.165, 1.54) is 7.05 Å². The van der Waals surface area contributed by atoms with Crippen molar-refractivity contribution in [1.29, 1.82) is 0 Å². The summed E-state index contributed by atoms with van der Waals surface area (Å²) in [5.41, 5.74) is 3.00. The summed E-state index contributed by atoms with van der Waals surface area (Å²) in [5, 5.41) is 5.99. The van der Waals surface area contributed by atoms with Crippen LogP contribution in [0.4, 0.5) is 0 Å². The van der Waals surface area contributed by atoms with Crippen LogP contribution >= 0.6 is 0 Å². The summed E-state index contributed by atoms with van der Waals surface area (Å²) in [6.07, 6.45) is 1.81. The largest absolute Gasteiger partial charge is 0.464 e. The average molecular weight is 423 g/mol. The zero-order valence-electron chi connectivity index (χ0n) is 16.5. The number of rotatable bonds is 7. The van der Waals surface area contributed by atoms with Gasteiger partial charge in [0.15, 0.2) is 0 Å². The fourth-order valence-corrected chi connectivity index (χ4v) is 4.42. The van der Waals surface area contributed by atoms with Gasteiger partial charge >= 0.3 is 0 Å². The van der Waals surface area contributed by atoms with Crippen molar-refractivity contribution in [3.63, 3.8) is 0 Å². The van der Waals surface area contributed by atoms with Crippen LogP contribution in [-0.2, 0) is 33.5 Å². The number of carbonyl (C=O) groups excluding carboxylic acids is 1. The first-order valence-electron chi connectivity index (χ1n) is 9.59. The summed E-state index contributed by atoms with van der Waals surface area (Å²) in [6.45, 7) is 0.255. The van der Waals surface area contributed by atoms with Crippen molar-refractivity contribution >= 4 is 37.7 Å². The summed E-state index contributed by atoms with van der Waals surface area (Å²) in [7, 11) is -2.01. The summed E-state index contributed by atoms with van der Waals surface area (Å²) in [5.74, 6) is -0.287. The van der Waals surface area contributed by atoms with Crippen molar-refractivity contribution in [3.8, 4) is 0 Å². The molecule has 0 aliphatic rings. The van der Waals surface area contributed by atoms with E-state index >= 15 is 0 Å². The van der Waals surface area contributed by atoms with E-state index in [-0.39, 0.29) is 24.6 Å². The SMILES string of the molecule is CNS(=O)(=O)Cc1ccccc1CNC(=O)Cc1coc2ccc3ccccc3c12. The summed E-state index contributed by atoms with van der Waals surface area (Å²) >= 11 is 0. The Kier molecular flexibility index (Phi) is 5.57. The summed E-state index contributed by atoms with van der Waals surface area (Å²) in [6, 6.07) is 19.1. The molecule has 1 heterocycles. The summed E-state index contributed by atoms with van der Waals surface area (Å²) in [4.78, 5) is 12.6. The molecule has 0 spiro atoms. The van der Waals surface area contributed by atoms with E-state index in [2.05, 4.69) is 10.0 Å². The zero-order valence-corrected chi connectivity index (χ0v) is 17.3. The number of sulfonamides is 1. The first kappa shape index (κ1) is 20.1. The number of benzene rings is 3. The Hall–Kier alpha value is -3.16. The third kappa shape index (κ3) is 4.22. The van der Waals surface area contributed by atoms with Crippen LogP contribution in [0.3, 0.4) is 0 Å². The highest BCUT2D eigenvalue weighted by molar-refractivity contribution is 7.88. The molecule has 0 atom stereocenters. The van der Waals surface area contributed by atoms with Gasteiger partial charge in [0.05, 0.1) is 18.4 Å². The maximum absolute atomic E-state index is 12.6. The smallest absolute Gasteiger partial charge is 0.224 e. The lowest BCUT2D eigenvalue weighted by molar-refractivity contribution is -0.120. The van der Waals surface area contributed by atoms with Crippen molar-refractivity contribution in [1.82, 2.24) is 10.0 Å². The Labute approximate surface area is 174 Å². The standard InChI is InChI=1S/C23H22N2O4S/c1-24-30(27,28)15-18-8-3-2-7-17(18)13-25-22(26)12-19-14-29-21-11-10-16-6-4-5-9-20(16)23(19)21/h2-11,14,24H,12-13,15H2,1H3,(H,25,26). The highest BCUT2D eigenvalue weighted by Crippen LogP contribution is 2.30. The monoisotopic (exact) mass is 422 g/mol. The number of fused-ring (bicyclic) bond motifs is 3. The quantitative estimate of drug-likeness (QED) is 0.477. The Morgan fingerprint density at radius 1 is 0.933 bits per heavy atom. The van der Waals surface area contributed by atoms with Crippen LogP contribution in [0.25, 0.3) is 21.7 Å². The van der Waals surface area contributed by atoms with Gasteiger partial charge in [-0.2, -0.15) is 0 Å². The van der Waals surface area contributed by atoms with Gasteiger partial charge in [-0.05, 0) is 35.0 Å². The second-order valence-electron chi connectivity index (χ2n) is 7.11. The van der Waals surface area contributed by atoms with Crippen LogP contribution in [0.5, 0.6) is 0 Å².